The van der Waals surface area contributed by atoms with Gasteiger partial charge in [-0.1, -0.05) is 47.5 Å². The maximum atomic E-state index is 13.5. The number of aryl methyl sites for hydroxylation is 2. The minimum Gasteiger partial charge on any atom is -0.507 e. The van der Waals surface area contributed by atoms with Crippen LogP contribution >= 0.6 is 11.6 Å². The summed E-state index contributed by atoms with van der Waals surface area (Å²) in [6.07, 6.45) is 0. The van der Waals surface area contributed by atoms with Crippen LogP contribution in [0.5, 0.6) is 5.75 Å². The maximum Gasteiger partial charge on any atom is 0.295 e. The molecule has 1 N–H and O–H groups in total. The number of methoxy groups -OCH3 is 1. The van der Waals surface area contributed by atoms with E-state index in [2.05, 4.69) is 18.7 Å². The van der Waals surface area contributed by atoms with Crippen molar-refractivity contribution >= 4 is 34.7 Å². The van der Waals surface area contributed by atoms with Gasteiger partial charge in [0.1, 0.15) is 11.5 Å². The van der Waals surface area contributed by atoms with E-state index in [4.69, 9.17) is 16.3 Å². The van der Waals surface area contributed by atoms with Crippen molar-refractivity contribution in [2.45, 2.75) is 40.3 Å². The Morgan fingerprint density at radius 3 is 2.32 bits per heavy atom. The second kappa shape index (κ2) is 11.3. The summed E-state index contributed by atoms with van der Waals surface area (Å²) in [4.78, 5) is 30.8. The Kier molecular flexibility index (Phi) is 8.12. The third-order valence-corrected chi connectivity index (χ3v) is 7.37. The van der Waals surface area contributed by atoms with Gasteiger partial charge >= 0.3 is 0 Å². The number of rotatable bonds is 8. The average molecular weight is 533 g/mol. The summed E-state index contributed by atoms with van der Waals surface area (Å²) in [7, 11) is 1.47. The van der Waals surface area contributed by atoms with E-state index < -0.39 is 17.7 Å². The fourth-order valence-corrected chi connectivity index (χ4v) is 5.18. The molecule has 0 radical (unpaired) electrons. The van der Waals surface area contributed by atoms with E-state index in [0.29, 0.717) is 10.8 Å². The van der Waals surface area contributed by atoms with Crippen LogP contribution in [0.1, 0.15) is 47.7 Å². The summed E-state index contributed by atoms with van der Waals surface area (Å²) in [5.74, 6) is -1.37. The van der Waals surface area contributed by atoms with Crippen molar-refractivity contribution < 1.29 is 19.4 Å². The molecule has 0 aromatic heterocycles. The molecule has 0 bridgehead atoms. The molecule has 3 aromatic rings. The smallest absolute Gasteiger partial charge is 0.295 e. The van der Waals surface area contributed by atoms with Crippen LogP contribution < -0.4 is 9.64 Å². The Morgan fingerprint density at radius 2 is 1.68 bits per heavy atom. The molecule has 1 aliphatic rings. The summed E-state index contributed by atoms with van der Waals surface area (Å²) >= 11 is 6.23. The zero-order chi connectivity index (χ0) is 27.6. The van der Waals surface area contributed by atoms with E-state index in [-0.39, 0.29) is 23.4 Å². The highest BCUT2D eigenvalue weighted by Crippen LogP contribution is 2.42. The number of hydrogen-bond acceptors (Lipinski definition) is 5. The number of carbonyl (C=O) groups is 2. The van der Waals surface area contributed by atoms with Crippen LogP contribution in [0.3, 0.4) is 0 Å². The van der Waals surface area contributed by atoms with Gasteiger partial charge in [-0.3, -0.25) is 9.59 Å². The first-order chi connectivity index (χ1) is 18.2. The third-order valence-electron chi connectivity index (χ3n) is 7.14. The molecule has 6 nitrogen and oxygen atoms in total. The highest BCUT2D eigenvalue weighted by Gasteiger charge is 2.46. The molecule has 0 spiro atoms. The predicted octanol–water partition coefficient (Wildman–Crippen LogP) is 6.43. The van der Waals surface area contributed by atoms with Gasteiger partial charge in [0.25, 0.3) is 11.7 Å². The Morgan fingerprint density at radius 1 is 1.00 bits per heavy atom. The topological polar surface area (TPSA) is 70.1 Å². The van der Waals surface area contributed by atoms with E-state index in [9.17, 15) is 14.7 Å². The second-order valence-corrected chi connectivity index (χ2v) is 9.90. The van der Waals surface area contributed by atoms with Gasteiger partial charge in [0, 0.05) is 30.3 Å². The molecule has 1 saturated heterocycles. The number of halogens is 1. The molecule has 38 heavy (non-hydrogen) atoms. The van der Waals surface area contributed by atoms with Gasteiger partial charge in [-0.15, -0.1) is 0 Å². The number of nitrogens with zero attached hydrogens (tertiary/aromatic N) is 2. The van der Waals surface area contributed by atoms with Crippen molar-refractivity contribution in [2.24, 2.45) is 0 Å². The van der Waals surface area contributed by atoms with Gasteiger partial charge in [-0.2, -0.15) is 0 Å². The highest BCUT2D eigenvalue weighted by atomic mass is 35.5. The average Bonchev–Trinajstić information content (AvgIpc) is 3.16. The summed E-state index contributed by atoms with van der Waals surface area (Å²) < 4.78 is 5.43. The Labute approximate surface area is 229 Å². The van der Waals surface area contributed by atoms with Gasteiger partial charge in [0.2, 0.25) is 0 Å². The van der Waals surface area contributed by atoms with Crippen LogP contribution in [0.15, 0.2) is 66.2 Å². The minimum atomic E-state index is -0.788. The molecular formula is C31H33ClN2O4. The van der Waals surface area contributed by atoms with Crippen molar-refractivity contribution in [3.05, 3.63) is 99.1 Å². The lowest BCUT2D eigenvalue weighted by molar-refractivity contribution is -0.140. The van der Waals surface area contributed by atoms with Crippen molar-refractivity contribution in [3.8, 4) is 5.75 Å². The number of Topliss-reactive ketones (excluding diaryl/α,β-unsaturated/α-hetero) is 1. The van der Waals surface area contributed by atoms with Crippen LogP contribution in [-0.4, -0.2) is 41.9 Å². The molecular weight excluding hydrogens is 500 g/mol. The molecule has 198 valence electrons. The van der Waals surface area contributed by atoms with E-state index >= 15 is 0 Å². The number of carbonyl (C=O) groups excluding carboxylic acids is 2. The Hall–Kier alpha value is -3.77. The largest absolute Gasteiger partial charge is 0.507 e. The first-order valence-corrected chi connectivity index (χ1v) is 13.1. The summed E-state index contributed by atoms with van der Waals surface area (Å²) in [6.45, 7) is 10.1. The monoisotopic (exact) mass is 532 g/mol. The molecule has 1 aliphatic heterocycles. The van der Waals surface area contributed by atoms with E-state index in [1.54, 1.807) is 17.0 Å². The molecule has 0 aliphatic carbocycles. The van der Waals surface area contributed by atoms with Gasteiger partial charge in [-0.05, 0) is 74.7 Å². The number of amides is 1. The number of benzene rings is 3. The van der Waals surface area contributed by atoms with E-state index in [1.807, 2.05) is 56.3 Å². The Bertz CT molecular complexity index is 1390. The molecule has 1 heterocycles. The van der Waals surface area contributed by atoms with Crippen LogP contribution in [0.4, 0.5) is 5.69 Å². The van der Waals surface area contributed by atoms with Crippen molar-refractivity contribution in [3.63, 3.8) is 0 Å². The number of hydrogen-bond donors (Lipinski definition) is 1. The number of likely N-dealkylation sites (tertiary alicyclic amines) is 1. The summed E-state index contributed by atoms with van der Waals surface area (Å²) in [6, 6.07) is 17.9. The number of anilines is 1. The van der Waals surface area contributed by atoms with Crippen molar-refractivity contribution in [2.75, 3.05) is 25.1 Å². The normalized spacial score (nSPS) is 16.7. The van der Waals surface area contributed by atoms with Crippen LogP contribution in [0.2, 0.25) is 5.02 Å². The summed E-state index contributed by atoms with van der Waals surface area (Å²) in [5.41, 5.74) is 5.06. The first-order valence-electron chi connectivity index (χ1n) is 12.7. The molecule has 1 amide bonds. The predicted molar refractivity (Wildman–Crippen MR) is 152 cm³/mol. The maximum absolute atomic E-state index is 13.5. The number of aliphatic hydroxyl groups excluding tert-OH is 1. The van der Waals surface area contributed by atoms with Crippen molar-refractivity contribution in [1.82, 2.24) is 4.90 Å². The quantitative estimate of drug-likeness (QED) is 0.205. The third kappa shape index (κ3) is 5.14. The molecule has 1 unspecified atom stereocenters. The molecule has 3 aromatic carbocycles. The lowest BCUT2D eigenvalue weighted by Gasteiger charge is -2.27. The van der Waals surface area contributed by atoms with Crippen molar-refractivity contribution in [1.29, 1.82) is 0 Å². The van der Waals surface area contributed by atoms with Gasteiger partial charge in [0.15, 0.2) is 0 Å². The fraction of sp³-hybridized carbons (Fsp3) is 0.290. The van der Waals surface area contributed by atoms with E-state index in [0.717, 1.165) is 41.0 Å². The Balaban J connectivity index is 1.90. The number of aliphatic hydroxyl groups is 1. The summed E-state index contributed by atoms with van der Waals surface area (Å²) in [5, 5.41) is 11.9. The second-order valence-electron chi connectivity index (χ2n) is 9.47. The molecule has 7 heteroatoms. The van der Waals surface area contributed by atoms with Gasteiger partial charge < -0.3 is 19.6 Å². The lowest BCUT2D eigenvalue weighted by Crippen LogP contribution is -2.29. The van der Waals surface area contributed by atoms with Crippen LogP contribution in [0, 0.1) is 13.8 Å². The van der Waals surface area contributed by atoms with Crippen LogP contribution in [0.25, 0.3) is 5.76 Å². The standard InChI is InChI=1S/C31H33ClN2O4/c1-6-33(7-2)24-13-10-21(11-14-24)28-27(29(35)25-17-23(32)12-15-26(25)38-5)30(36)31(37)34(28)18-22-16-19(3)8-9-20(22)4/h8-17,28,35H,6-7,18H2,1-5H3/b29-27+. The number of ketones is 1. The molecule has 0 saturated carbocycles. The molecule has 1 atom stereocenters. The fourth-order valence-electron chi connectivity index (χ4n) is 5.01. The van der Waals surface area contributed by atoms with E-state index in [1.165, 1.54) is 13.2 Å². The zero-order valence-electron chi connectivity index (χ0n) is 22.4. The first kappa shape index (κ1) is 27.3. The minimum absolute atomic E-state index is 0.0106. The molecule has 1 fully saturated rings. The van der Waals surface area contributed by atoms with Gasteiger partial charge in [0.05, 0.1) is 24.3 Å². The zero-order valence-corrected chi connectivity index (χ0v) is 23.2. The number of ether oxygens (including phenoxy) is 1. The molecule has 4 rings (SSSR count). The van der Waals surface area contributed by atoms with Gasteiger partial charge in [-0.25, -0.2) is 0 Å². The highest BCUT2D eigenvalue weighted by molar-refractivity contribution is 6.46. The SMILES string of the molecule is CCN(CC)c1ccc(C2/C(=C(\O)c3cc(Cl)ccc3OC)C(=O)C(=O)N2Cc2cc(C)ccc2C)cc1. The van der Waals surface area contributed by atoms with Crippen LogP contribution in [-0.2, 0) is 16.1 Å². The lowest BCUT2D eigenvalue weighted by atomic mass is 9.94.